The molecule has 0 spiro atoms. The molecule has 0 radical (unpaired) electrons. The van der Waals surface area contributed by atoms with E-state index < -0.39 is 10.4 Å². The summed E-state index contributed by atoms with van der Waals surface area (Å²) in [4.78, 5) is 0. The third kappa shape index (κ3) is 10.9. The average molecular weight is 244 g/mol. The Balaban J connectivity index is 0.000000385. The number of allylic oxidation sites excluding steroid dienone is 1. The van der Waals surface area contributed by atoms with Gasteiger partial charge in [-0.3, -0.25) is 9.11 Å². The van der Waals surface area contributed by atoms with Crippen LogP contribution in [0.2, 0.25) is 0 Å². The molecule has 0 amide bonds. The minimum Gasteiger partial charge on any atom is -0.264 e. The predicted molar refractivity (Wildman–Crippen MR) is 63.9 cm³/mol. The fourth-order valence-corrected chi connectivity index (χ4v) is 1.05. The summed E-state index contributed by atoms with van der Waals surface area (Å²) in [6.07, 6.45) is 1.00. The summed E-state index contributed by atoms with van der Waals surface area (Å²) in [5.41, 5.74) is 3.88. The maximum atomic E-state index is 8.74. The van der Waals surface area contributed by atoms with Crippen LogP contribution in [0.1, 0.15) is 18.1 Å². The molecular weight excluding hydrogens is 228 g/mol. The van der Waals surface area contributed by atoms with E-state index in [0.717, 1.165) is 6.42 Å². The molecule has 0 aliphatic carbocycles. The van der Waals surface area contributed by atoms with Crippen molar-refractivity contribution in [3.63, 3.8) is 0 Å². The minimum absolute atomic E-state index is 1.00. The lowest BCUT2D eigenvalue weighted by atomic mass is 10.1. The van der Waals surface area contributed by atoms with E-state index in [4.69, 9.17) is 17.5 Å². The van der Waals surface area contributed by atoms with Crippen LogP contribution in [0.25, 0.3) is 0 Å². The summed E-state index contributed by atoms with van der Waals surface area (Å²) in [6, 6.07) is 8.59. The second-order valence-corrected chi connectivity index (χ2v) is 4.46. The molecule has 0 aliphatic rings. The highest BCUT2D eigenvalue weighted by Crippen LogP contribution is 2.07. The van der Waals surface area contributed by atoms with Crippen LogP contribution in [0.3, 0.4) is 0 Å². The quantitative estimate of drug-likeness (QED) is 0.619. The first-order valence-corrected chi connectivity index (χ1v) is 5.98. The normalized spacial score (nSPS) is 10.2. The van der Waals surface area contributed by atoms with E-state index in [-0.39, 0.29) is 0 Å². The monoisotopic (exact) mass is 244 g/mol. The fraction of sp³-hybridized carbons (Fsp3) is 0.273. The van der Waals surface area contributed by atoms with Gasteiger partial charge in [-0.05, 0) is 25.8 Å². The lowest BCUT2D eigenvalue weighted by Gasteiger charge is -1.99. The number of aryl methyl sites for hydroxylation is 1. The molecule has 0 unspecified atom stereocenters. The maximum Gasteiger partial charge on any atom is 0.394 e. The molecule has 0 atom stereocenters. The predicted octanol–water partition coefficient (Wildman–Crippen LogP) is 2.46. The van der Waals surface area contributed by atoms with Crippen molar-refractivity contribution in [2.45, 2.75) is 20.3 Å². The Morgan fingerprint density at radius 2 is 1.62 bits per heavy atom. The smallest absolute Gasteiger partial charge is 0.264 e. The Morgan fingerprint density at radius 3 is 1.94 bits per heavy atom. The summed E-state index contributed by atoms with van der Waals surface area (Å²) in [6.45, 7) is 8.03. The van der Waals surface area contributed by atoms with Crippen LogP contribution >= 0.6 is 0 Å². The second kappa shape index (κ2) is 6.42. The van der Waals surface area contributed by atoms with Gasteiger partial charge in [0.05, 0.1) is 0 Å². The van der Waals surface area contributed by atoms with Crippen LogP contribution in [0.4, 0.5) is 0 Å². The molecule has 0 fully saturated rings. The van der Waals surface area contributed by atoms with E-state index in [1.165, 1.54) is 16.7 Å². The maximum absolute atomic E-state index is 8.74. The van der Waals surface area contributed by atoms with Crippen molar-refractivity contribution in [3.05, 3.63) is 47.5 Å². The first-order chi connectivity index (χ1) is 7.18. The lowest BCUT2D eigenvalue weighted by molar-refractivity contribution is 0.381. The van der Waals surface area contributed by atoms with Crippen molar-refractivity contribution in [3.8, 4) is 0 Å². The number of rotatable bonds is 2. The van der Waals surface area contributed by atoms with E-state index in [2.05, 4.69) is 44.7 Å². The van der Waals surface area contributed by atoms with E-state index in [0.29, 0.717) is 0 Å². The summed E-state index contributed by atoms with van der Waals surface area (Å²) in [7, 11) is -4.67. The molecule has 1 aromatic rings. The van der Waals surface area contributed by atoms with Gasteiger partial charge in [0, 0.05) is 0 Å². The topological polar surface area (TPSA) is 74.6 Å². The zero-order valence-electron chi connectivity index (χ0n) is 9.34. The lowest BCUT2D eigenvalue weighted by Crippen LogP contribution is -1.89. The van der Waals surface area contributed by atoms with Crippen molar-refractivity contribution >= 4 is 10.4 Å². The molecule has 1 aromatic carbocycles. The molecule has 0 aliphatic heterocycles. The summed E-state index contributed by atoms with van der Waals surface area (Å²) < 4.78 is 31.6. The zero-order valence-corrected chi connectivity index (χ0v) is 10.2. The highest BCUT2D eigenvalue weighted by atomic mass is 32.3. The molecule has 0 bridgehead atoms. The van der Waals surface area contributed by atoms with Gasteiger partial charge >= 0.3 is 10.4 Å². The van der Waals surface area contributed by atoms with Crippen LogP contribution in [-0.2, 0) is 16.8 Å². The highest BCUT2D eigenvalue weighted by molar-refractivity contribution is 7.79. The van der Waals surface area contributed by atoms with Crippen LogP contribution in [-0.4, -0.2) is 17.5 Å². The zero-order chi connectivity index (χ0) is 12.8. The minimum atomic E-state index is -4.67. The second-order valence-electron chi connectivity index (χ2n) is 3.57. The van der Waals surface area contributed by atoms with Gasteiger partial charge in [0.1, 0.15) is 0 Å². The van der Waals surface area contributed by atoms with Gasteiger partial charge in [0.15, 0.2) is 0 Å². The first-order valence-electron chi connectivity index (χ1n) is 4.58. The van der Waals surface area contributed by atoms with E-state index in [9.17, 15) is 0 Å². The van der Waals surface area contributed by atoms with Gasteiger partial charge in [-0.2, -0.15) is 8.42 Å². The SMILES string of the molecule is C=C(C)Cc1ccc(C)cc1.O=S(=O)(O)O. The Morgan fingerprint density at radius 1 is 1.25 bits per heavy atom. The van der Waals surface area contributed by atoms with Crippen molar-refractivity contribution in [1.29, 1.82) is 0 Å². The molecule has 5 heteroatoms. The summed E-state index contributed by atoms with van der Waals surface area (Å²) in [5, 5.41) is 0. The molecule has 0 saturated heterocycles. The third-order valence-corrected chi connectivity index (χ3v) is 1.63. The number of benzene rings is 1. The van der Waals surface area contributed by atoms with E-state index in [1.54, 1.807) is 0 Å². The Hall–Kier alpha value is -1.17. The Kier molecular flexibility index (Phi) is 5.95. The van der Waals surface area contributed by atoms with Gasteiger partial charge < -0.3 is 0 Å². The van der Waals surface area contributed by atoms with Gasteiger partial charge in [0.2, 0.25) is 0 Å². The third-order valence-electron chi connectivity index (χ3n) is 1.63. The molecule has 1 rings (SSSR count). The van der Waals surface area contributed by atoms with Gasteiger partial charge in [-0.25, -0.2) is 0 Å². The van der Waals surface area contributed by atoms with Crippen molar-refractivity contribution in [2.24, 2.45) is 0 Å². The van der Waals surface area contributed by atoms with Crippen LogP contribution < -0.4 is 0 Å². The molecule has 0 aromatic heterocycles. The Labute approximate surface area is 96.2 Å². The summed E-state index contributed by atoms with van der Waals surface area (Å²) in [5.74, 6) is 0. The Bertz CT molecular complexity index is 424. The van der Waals surface area contributed by atoms with Crippen LogP contribution in [0.15, 0.2) is 36.4 Å². The van der Waals surface area contributed by atoms with Crippen molar-refractivity contribution in [1.82, 2.24) is 0 Å². The van der Waals surface area contributed by atoms with E-state index in [1.807, 2.05) is 0 Å². The van der Waals surface area contributed by atoms with Crippen LogP contribution in [0, 0.1) is 6.92 Å². The van der Waals surface area contributed by atoms with Gasteiger partial charge in [0.25, 0.3) is 0 Å². The van der Waals surface area contributed by atoms with Crippen molar-refractivity contribution in [2.75, 3.05) is 0 Å². The molecule has 16 heavy (non-hydrogen) atoms. The summed E-state index contributed by atoms with van der Waals surface area (Å²) >= 11 is 0. The number of hydrogen-bond donors (Lipinski definition) is 2. The molecule has 2 N–H and O–H groups in total. The average Bonchev–Trinajstić information content (AvgIpc) is 2.05. The standard InChI is InChI=1S/C11H14.H2O4S/c1-9(2)8-11-6-4-10(3)5-7-11;1-5(2,3)4/h4-7H,1,8H2,2-3H3;(H2,1,2,3,4). The molecular formula is C11H16O4S. The fourth-order valence-electron chi connectivity index (χ4n) is 1.05. The van der Waals surface area contributed by atoms with Gasteiger partial charge in [-0.15, -0.1) is 0 Å². The number of hydrogen-bond acceptors (Lipinski definition) is 2. The van der Waals surface area contributed by atoms with E-state index >= 15 is 0 Å². The van der Waals surface area contributed by atoms with Crippen LogP contribution in [0.5, 0.6) is 0 Å². The highest BCUT2D eigenvalue weighted by Gasteiger charge is 1.91. The molecule has 0 saturated carbocycles. The van der Waals surface area contributed by atoms with Gasteiger partial charge in [-0.1, -0.05) is 42.0 Å². The first kappa shape index (κ1) is 14.8. The molecule has 0 heterocycles. The molecule has 90 valence electrons. The largest absolute Gasteiger partial charge is 0.394 e. The molecule has 4 nitrogen and oxygen atoms in total. The van der Waals surface area contributed by atoms with Crippen molar-refractivity contribution < 1.29 is 17.5 Å².